The van der Waals surface area contributed by atoms with Gasteiger partial charge in [0, 0.05) is 25.2 Å². The van der Waals surface area contributed by atoms with E-state index in [2.05, 4.69) is 10.3 Å². The van der Waals surface area contributed by atoms with Crippen molar-refractivity contribution >= 4 is 44.7 Å². The molecule has 1 atom stereocenters. The third-order valence-electron chi connectivity index (χ3n) is 4.68. The van der Waals surface area contributed by atoms with E-state index in [0.29, 0.717) is 24.6 Å². The molecule has 7 heteroatoms. The highest BCUT2D eigenvalue weighted by Gasteiger charge is 2.25. The van der Waals surface area contributed by atoms with Crippen molar-refractivity contribution in [2.24, 2.45) is 5.92 Å². The summed E-state index contributed by atoms with van der Waals surface area (Å²) in [4.78, 5) is 31.9. The first-order valence-corrected chi connectivity index (χ1v) is 10.4. The SMILES string of the molecule is O=C(NCC1CCCN(C(=O)c2ccc3ncsc3c2)C1)c1cccs1. The summed E-state index contributed by atoms with van der Waals surface area (Å²) >= 11 is 2.99. The van der Waals surface area contributed by atoms with Crippen LogP contribution in [0, 0.1) is 5.92 Å². The Hall–Kier alpha value is -2.25. The number of aromatic nitrogens is 1. The lowest BCUT2D eigenvalue weighted by atomic mass is 9.97. The smallest absolute Gasteiger partial charge is 0.261 e. The molecule has 2 amide bonds. The summed E-state index contributed by atoms with van der Waals surface area (Å²) in [5, 5.41) is 4.90. The van der Waals surface area contributed by atoms with Gasteiger partial charge in [0.25, 0.3) is 11.8 Å². The van der Waals surface area contributed by atoms with Crippen molar-refractivity contribution in [3.63, 3.8) is 0 Å². The number of likely N-dealkylation sites (tertiary alicyclic amines) is 1. The highest BCUT2D eigenvalue weighted by molar-refractivity contribution is 7.16. The lowest BCUT2D eigenvalue weighted by Crippen LogP contribution is -2.43. The zero-order valence-corrected chi connectivity index (χ0v) is 15.8. The maximum Gasteiger partial charge on any atom is 0.261 e. The van der Waals surface area contributed by atoms with E-state index in [1.807, 2.05) is 40.6 Å². The molecule has 0 radical (unpaired) electrons. The quantitative estimate of drug-likeness (QED) is 0.746. The number of hydrogen-bond donors (Lipinski definition) is 1. The molecular weight excluding hydrogens is 366 g/mol. The fourth-order valence-corrected chi connectivity index (χ4v) is 4.68. The molecule has 1 unspecified atom stereocenters. The summed E-state index contributed by atoms with van der Waals surface area (Å²) in [6, 6.07) is 9.39. The fourth-order valence-electron chi connectivity index (χ4n) is 3.32. The molecule has 1 saturated heterocycles. The fraction of sp³-hybridized carbons (Fsp3) is 0.316. The zero-order chi connectivity index (χ0) is 17.9. The molecule has 4 rings (SSSR count). The minimum atomic E-state index is -0.0286. The van der Waals surface area contributed by atoms with Crippen molar-refractivity contribution in [1.29, 1.82) is 0 Å². The maximum atomic E-state index is 12.9. The summed E-state index contributed by atoms with van der Waals surface area (Å²) in [5.41, 5.74) is 3.44. The first-order valence-electron chi connectivity index (χ1n) is 8.65. The average Bonchev–Trinajstić information content (AvgIpc) is 3.36. The van der Waals surface area contributed by atoms with Gasteiger partial charge >= 0.3 is 0 Å². The molecule has 0 saturated carbocycles. The predicted molar refractivity (Wildman–Crippen MR) is 105 cm³/mol. The van der Waals surface area contributed by atoms with Gasteiger partial charge < -0.3 is 10.2 Å². The molecule has 2 aromatic heterocycles. The number of piperidine rings is 1. The van der Waals surface area contributed by atoms with Gasteiger partial charge in [0.2, 0.25) is 0 Å². The lowest BCUT2D eigenvalue weighted by Gasteiger charge is -2.33. The normalized spacial score (nSPS) is 17.4. The minimum Gasteiger partial charge on any atom is -0.351 e. The molecule has 0 bridgehead atoms. The summed E-state index contributed by atoms with van der Waals surface area (Å²) < 4.78 is 1.03. The molecule has 1 aromatic carbocycles. The maximum absolute atomic E-state index is 12.9. The Morgan fingerprint density at radius 3 is 3.04 bits per heavy atom. The van der Waals surface area contributed by atoms with Crippen LogP contribution in [0.1, 0.15) is 32.9 Å². The molecule has 1 aliphatic heterocycles. The number of carbonyl (C=O) groups is 2. The number of hydrogen-bond acceptors (Lipinski definition) is 5. The van der Waals surface area contributed by atoms with E-state index in [1.54, 1.807) is 16.8 Å². The largest absolute Gasteiger partial charge is 0.351 e. The molecule has 3 aromatic rings. The van der Waals surface area contributed by atoms with E-state index in [4.69, 9.17) is 0 Å². The Morgan fingerprint density at radius 1 is 1.27 bits per heavy atom. The number of thiophene rings is 1. The molecule has 0 spiro atoms. The molecule has 1 N–H and O–H groups in total. The molecule has 134 valence electrons. The van der Waals surface area contributed by atoms with Gasteiger partial charge in [-0.05, 0) is 48.4 Å². The predicted octanol–water partition coefficient (Wildman–Crippen LogP) is 3.64. The second kappa shape index (κ2) is 7.55. The summed E-state index contributed by atoms with van der Waals surface area (Å²) in [6.07, 6.45) is 2.00. The number of fused-ring (bicyclic) bond motifs is 1. The molecule has 5 nitrogen and oxygen atoms in total. The van der Waals surface area contributed by atoms with Gasteiger partial charge in [-0.2, -0.15) is 0 Å². The van der Waals surface area contributed by atoms with Gasteiger partial charge in [0.15, 0.2) is 0 Å². The first-order chi connectivity index (χ1) is 12.7. The van der Waals surface area contributed by atoms with Crippen LogP contribution in [0.3, 0.4) is 0 Å². The van der Waals surface area contributed by atoms with Crippen molar-refractivity contribution in [1.82, 2.24) is 15.2 Å². The Kier molecular flexibility index (Phi) is 4.99. The van der Waals surface area contributed by atoms with Gasteiger partial charge in [0.1, 0.15) is 0 Å². The molecular formula is C19H19N3O2S2. The lowest BCUT2D eigenvalue weighted by molar-refractivity contribution is 0.0671. The van der Waals surface area contributed by atoms with Crippen LogP contribution in [0.5, 0.6) is 0 Å². The third kappa shape index (κ3) is 3.64. The third-order valence-corrected chi connectivity index (χ3v) is 6.34. The van der Waals surface area contributed by atoms with Gasteiger partial charge in [0.05, 0.1) is 20.6 Å². The monoisotopic (exact) mass is 385 g/mol. The minimum absolute atomic E-state index is 0.0286. The van der Waals surface area contributed by atoms with Crippen LogP contribution >= 0.6 is 22.7 Å². The zero-order valence-electron chi connectivity index (χ0n) is 14.2. The molecule has 26 heavy (non-hydrogen) atoms. The van der Waals surface area contributed by atoms with E-state index in [9.17, 15) is 9.59 Å². The highest BCUT2D eigenvalue weighted by Crippen LogP contribution is 2.22. The number of nitrogens with zero attached hydrogens (tertiary/aromatic N) is 2. The van der Waals surface area contributed by atoms with Crippen LogP contribution in [0.2, 0.25) is 0 Å². The average molecular weight is 386 g/mol. The van der Waals surface area contributed by atoms with E-state index in [0.717, 1.165) is 34.5 Å². The van der Waals surface area contributed by atoms with Crippen molar-refractivity contribution in [2.75, 3.05) is 19.6 Å². The van der Waals surface area contributed by atoms with E-state index in [-0.39, 0.29) is 11.8 Å². The van der Waals surface area contributed by atoms with Crippen LogP contribution in [0.15, 0.2) is 41.2 Å². The first kappa shape index (κ1) is 17.2. The van der Waals surface area contributed by atoms with Crippen molar-refractivity contribution < 1.29 is 9.59 Å². The molecule has 1 aliphatic rings. The van der Waals surface area contributed by atoms with Gasteiger partial charge in [-0.25, -0.2) is 4.98 Å². The van der Waals surface area contributed by atoms with Gasteiger partial charge in [-0.15, -0.1) is 22.7 Å². The van der Waals surface area contributed by atoms with Crippen LogP contribution in [0.25, 0.3) is 10.2 Å². The number of thiazole rings is 1. The number of carbonyl (C=O) groups excluding carboxylic acids is 2. The molecule has 3 heterocycles. The number of nitrogens with one attached hydrogen (secondary N) is 1. The van der Waals surface area contributed by atoms with Crippen LogP contribution in [-0.2, 0) is 0 Å². The van der Waals surface area contributed by atoms with Crippen molar-refractivity contribution in [2.45, 2.75) is 12.8 Å². The Labute approximate surface area is 159 Å². The van der Waals surface area contributed by atoms with E-state index >= 15 is 0 Å². The number of rotatable bonds is 4. The summed E-state index contributed by atoms with van der Waals surface area (Å²) in [5.74, 6) is 0.331. The second-order valence-corrected chi connectivity index (χ2v) is 8.32. The van der Waals surface area contributed by atoms with Crippen LogP contribution in [-0.4, -0.2) is 41.3 Å². The summed E-state index contributed by atoms with van der Waals surface area (Å²) in [7, 11) is 0. The number of benzene rings is 1. The second-order valence-electron chi connectivity index (χ2n) is 6.48. The molecule has 0 aliphatic carbocycles. The van der Waals surface area contributed by atoms with Crippen molar-refractivity contribution in [3.05, 3.63) is 51.7 Å². The van der Waals surface area contributed by atoms with Crippen LogP contribution < -0.4 is 5.32 Å². The summed E-state index contributed by atoms with van der Waals surface area (Å²) in [6.45, 7) is 2.06. The van der Waals surface area contributed by atoms with Crippen molar-refractivity contribution in [3.8, 4) is 0 Å². The van der Waals surface area contributed by atoms with Crippen LogP contribution in [0.4, 0.5) is 0 Å². The standard InChI is InChI=1S/C19H19N3O2S2/c23-18(16-4-2-8-25-16)20-10-13-3-1-7-22(11-13)19(24)14-5-6-15-17(9-14)26-12-21-15/h2,4-6,8-9,12-13H,1,3,7,10-11H2,(H,20,23). The van der Waals surface area contributed by atoms with Gasteiger partial charge in [-0.1, -0.05) is 6.07 Å². The molecule has 1 fully saturated rings. The van der Waals surface area contributed by atoms with E-state index in [1.165, 1.54) is 11.3 Å². The number of amides is 2. The Balaban J connectivity index is 1.38. The Bertz CT molecular complexity index is 920. The Morgan fingerprint density at radius 2 is 2.19 bits per heavy atom. The highest BCUT2D eigenvalue weighted by atomic mass is 32.1. The topological polar surface area (TPSA) is 62.3 Å². The van der Waals surface area contributed by atoms with Gasteiger partial charge in [-0.3, -0.25) is 9.59 Å². The van der Waals surface area contributed by atoms with E-state index < -0.39 is 0 Å².